The molecule has 0 saturated heterocycles. The highest BCUT2D eigenvalue weighted by molar-refractivity contribution is 5.44. The fourth-order valence-electron chi connectivity index (χ4n) is 1.70. The van der Waals surface area contributed by atoms with Gasteiger partial charge in [-0.25, -0.2) is 0 Å². The first-order valence-corrected chi connectivity index (χ1v) is 4.26. The number of rotatable bonds is 0. The summed E-state index contributed by atoms with van der Waals surface area (Å²) in [6.07, 6.45) is 4.03. The molecule has 0 spiro atoms. The van der Waals surface area contributed by atoms with Gasteiger partial charge in [-0.15, -0.1) is 0 Å². The lowest BCUT2D eigenvalue weighted by molar-refractivity contribution is 0.500. The van der Waals surface area contributed by atoms with Crippen LogP contribution in [0.15, 0.2) is 35.7 Å². The summed E-state index contributed by atoms with van der Waals surface area (Å²) in [5.74, 6) is 0. The van der Waals surface area contributed by atoms with Crippen LogP contribution in [-0.2, 0) is 0 Å². The van der Waals surface area contributed by atoms with E-state index in [1.807, 2.05) is 6.20 Å². The molecule has 0 aromatic rings. The molecule has 0 fully saturated rings. The molecule has 1 N–H and O–H groups in total. The molecular formula is C11H17N. The first-order chi connectivity index (χ1) is 5.43. The Bertz CT molecular complexity index is 261. The van der Waals surface area contributed by atoms with Crippen LogP contribution < -0.4 is 5.32 Å². The van der Waals surface area contributed by atoms with Gasteiger partial charge in [0.25, 0.3) is 0 Å². The van der Waals surface area contributed by atoms with Crippen molar-refractivity contribution in [2.45, 2.75) is 27.7 Å². The van der Waals surface area contributed by atoms with Gasteiger partial charge in [0.05, 0.1) is 0 Å². The lowest BCUT2D eigenvalue weighted by Gasteiger charge is -2.28. The quantitative estimate of drug-likeness (QED) is 0.579. The Morgan fingerprint density at radius 3 is 2.25 bits per heavy atom. The fraction of sp³-hybridized carbons (Fsp3) is 0.455. The topological polar surface area (TPSA) is 12.0 Å². The van der Waals surface area contributed by atoms with Crippen molar-refractivity contribution in [3.05, 3.63) is 35.7 Å². The summed E-state index contributed by atoms with van der Waals surface area (Å²) in [6.45, 7) is 12.7. The van der Waals surface area contributed by atoms with Crippen LogP contribution in [0.25, 0.3) is 0 Å². The summed E-state index contributed by atoms with van der Waals surface area (Å²) in [5, 5.41) is 3.14. The van der Waals surface area contributed by atoms with Gasteiger partial charge in [-0.3, -0.25) is 0 Å². The smallest absolute Gasteiger partial charge is 0.0347 e. The standard InChI is InChI=1S/C11H17N/c1-8-6-7-12-9(2)10(8)11(3,4)5/h6-7,12H,2H2,1,3-5H3. The van der Waals surface area contributed by atoms with Gasteiger partial charge in [-0.1, -0.05) is 27.4 Å². The third kappa shape index (κ3) is 1.60. The summed E-state index contributed by atoms with van der Waals surface area (Å²) in [4.78, 5) is 0. The minimum Gasteiger partial charge on any atom is -0.362 e. The first kappa shape index (κ1) is 9.11. The molecule has 0 unspecified atom stereocenters. The summed E-state index contributed by atoms with van der Waals surface area (Å²) in [5.41, 5.74) is 3.84. The molecular weight excluding hydrogens is 146 g/mol. The Morgan fingerprint density at radius 2 is 1.92 bits per heavy atom. The molecule has 0 aromatic heterocycles. The van der Waals surface area contributed by atoms with Crippen LogP contribution in [0.2, 0.25) is 0 Å². The highest BCUT2D eigenvalue weighted by Crippen LogP contribution is 2.33. The lowest BCUT2D eigenvalue weighted by atomic mass is 9.81. The van der Waals surface area contributed by atoms with Crippen molar-refractivity contribution in [1.82, 2.24) is 5.32 Å². The van der Waals surface area contributed by atoms with E-state index in [9.17, 15) is 0 Å². The van der Waals surface area contributed by atoms with E-state index < -0.39 is 0 Å². The van der Waals surface area contributed by atoms with Gasteiger partial charge >= 0.3 is 0 Å². The number of dihydropyridines is 1. The second-order valence-electron chi connectivity index (χ2n) is 4.26. The predicted molar refractivity (Wildman–Crippen MR) is 53.6 cm³/mol. The highest BCUT2D eigenvalue weighted by atomic mass is 14.9. The molecule has 0 amide bonds. The van der Waals surface area contributed by atoms with Crippen LogP contribution in [0.3, 0.4) is 0 Å². The molecule has 1 rings (SSSR count). The second-order valence-corrected chi connectivity index (χ2v) is 4.26. The predicted octanol–water partition coefficient (Wildman–Crippen LogP) is 2.98. The normalized spacial score (nSPS) is 18.2. The van der Waals surface area contributed by atoms with E-state index in [1.54, 1.807) is 0 Å². The minimum atomic E-state index is 0.179. The van der Waals surface area contributed by atoms with Crippen molar-refractivity contribution in [3.8, 4) is 0 Å². The third-order valence-corrected chi connectivity index (χ3v) is 2.04. The third-order valence-electron chi connectivity index (χ3n) is 2.04. The van der Waals surface area contributed by atoms with Crippen LogP contribution in [-0.4, -0.2) is 0 Å². The van der Waals surface area contributed by atoms with Gasteiger partial charge in [0.15, 0.2) is 0 Å². The monoisotopic (exact) mass is 163 g/mol. The van der Waals surface area contributed by atoms with E-state index in [-0.39, 0.29) is 5.41 Å². The maximum Gasteiger partial charge on any atom is 0.0347 e. The molecule has 0 aliphatic carbocycles. The van der Waals surface area contributed by atoms with Gasteiger partial charge in [-0.2, -0.15) is 0 Å². The fourth-order valence-corrected chi connectivity index (χ4v) is 1.70. The van der Waals surface area contributed by atoms with Crippen molar-refractivity contribution in [1.29, 1.82) is 0 Å². The van der Waals surface area contributed by atoms with E-state index >= 15 is 0 Å². The van der Waals surface area contributed by atoms with Gasteiger partial charge in [0.1, 0.15) is 0 Å². The molecule has 66 valence electrons. The number of nitrogens with one attached hydrogen (secondary N) is 1. The zero-order valence-electron chi connectivity index (χ0n) is 8.36. The summed E-state index contributed by atoms with van der Waals surface area (Å²) in [6, 6.07) is 0. The molecule has 12 heavy (non-hydrogen) atoms. The molecule has 1 nitrogen and oxygen atoms in total. The lowest BCUT2D eigenvalue weighted by Crippen LogP contribution is -2.21. The average Bonchev–Trinajstić information content (AvgIpc) is 1.82. The summed E-state index contributed by atoms with van der Waals surface area (Å²) < 4.78 is 0. The Balaban J connectivity index is 3.14. The Morgan fingerprint density at radius 1 is 1.33 bits per heavy atom. The van der Waals surface area contributed by atoms with Crippen LogP contribution in [0, 0.1) is 5.41 Å². The van der Waals surface area contributed by atoms with Crippen molar-refractivity contribution in [2.24, 2.45) is 5.41 Å². The molecule has 0 atom stereocenters. The van der Waals surface area contributed by atoms with Crippen LogP contribution in [0.4, 0.5) is 0 Å². The van der Waals surface area contributed by atoms with E-state index in [1.165, 1.54) is 11.1 Å². The largest absolute Gasteiger partial charge is 0.362 e. The zero-order chi connectivity index (χ0) is 9.35. The number of hydrogen-bond acceptors (Lipinski definition) is 1. The first-order valence-electron chi connectivity index (χ1n) is 4.26. The molecule has 0 bridgehead atoms. The molecule has 1 heterocycles. The molecule has 1 aliphatic heterocycles. The molecule has 1 heteroatoms. The van der Waals surface area contributed by atoms with Crippen molar-refractivity contribution < 1.29 is 0 Å². The molecule has 0 radical (unpaired) electrons. The average molecular weight is 163 g/mol. The van der Waals surface area contributed by atoms with Crippen molar-refractivity contribution in [2.75, 3.05) is 0 Å². The van der Waals surface area contributed by atoms with Crippen LogP contribution >= 0.6 is 0 Å². The van der Waals surface area contributed by atoms with Gasteiger partial charge in [0, 0.05) is 11.9 Å². The van der Waals surface area contributed by atoms with E-state index in [4.69, 9.17) is 0 Å². The summed E-state index contributed by atoms with van der Waals surface area (Å²) in [7, 11) is 0. The molecule has 1 aliphatic rings. The maximum absolute atomic E-state index is 3.99. The van der Waals surface area contributed by atoms with Crippen LogP contribution in [0.1, 0.15) is 27.7 Å². The number of allylic oxidation sites excluding steroid dienone is 3. The van der Waals surface area contributed by atoms with Gasteiger partial charge < -0.3 is 5.32 Å². The zero-order valence-corrected chi connectivity index (χ0v) is 8.36. The maximum atomic E-state index is 3.99. The van der Waals surface area contributed by atoms with E-state index in [0.29, 0.717) is 0 Å². The second kappa shape index (κ2) is 2.81. The Labute approximate surface area is 74.9 Å². The SMILES string of the molecule is C=C1NC=CC(C)=C1C(C)(C)C. The minimum absolute atomic E-state index is 0.179. The Hall–Kier alpha value is -0.980. The van der Waals surface area contributed by atoms with Gasteiger partial charge in [0.2, 0.25) is 0 Å². The number of hydrogen-bond donors (Lipinski definition) is 1. The van der Waals surface area contributed by atoms with E-state index in [0.717, 1.165) is 5.70 Å². The van der Waals surface area contributed by atoms with Gasteiger partial charge in [-0.05, 0) is 29.6 Å². The van der Waals surface area contributed by atoms with Crippen LogP contribution in [0.5, 0.6) is 0 Å². The van der Waals surface area contributed by atoms with E-state index in [2.05, 4.69) is 45.7 Å². The van der Waals surface area contributed by atoms with Crippen molar-refractivity contribution in [3.63, 3.8) is 0 Å². The summed E-state index contributed by atoms with van der Waals surface area (Å²) >= 11 is 0. The van der Waals surface area contributed by atoms with Crippen molar-refractivity contribution >= 4 is 0 Å². The Kier molecular flexibility index (Phi) is 2.14. The molecule has 0 aromatic carbocycles. The molecule has 0 saturated carbocycles. The highest BCUT2D eigenvalue weighted by Gasteiger charge is 2.22.